The Hall–Kier alpha value is -3.02. The normalized spacial score (nSPS) is 12.8. The number of carboxylic acid groups (broad SMARTS) is 1. The Morgan fingerprint density at radius 2 is 1.79 bits per heavy atom. The van der Waals surface area contributed by atoms with Crippen LogP contribution >= 0.6 is 0 Å². The molecule has 0 heterocycles. The third-order valence-corrected chi connectivity index (χ3v) is 4.92. The van der Waals surface area contributed by atoms with Gasteiger partial charge in [0, 0.05) is 12.0 Å². The molecule has 5 nitrogen and oxygen atoms in total. The van der Waals surface area contributed by atoms with Gasteiger partial charge in [0.2, 0.25) is 0 Å². The number of carbonyl (C=O) groups excluding carboxylic acids is 1. The van der Waals surface area contributed by atoms with E-state index in [9.17, 15) is 14.7 Å². The first-order chi connectivity index (χ1) is 13.8. The zero-order valence-electron chi connectivity index (χ0n) is 16.8. The Bertz CT molecular complexity index is 945. The first-order valence-electron chi connectivity index (χ1n) is 9.50. The number of Topliss-reactive ketones (excluding diaryl/α,β-unsaturated/α-hetero) is 1. The number of aliphatic carboxylic acids is 1. The number of ketones is 1. The summed E-state index contributed by atoms with van der Waals surface area (Å²) in [6.07, 6.45) is 4.95. The van der Waals surface area contributed by atoms with Gasteiger partial charge in [-0.3, -0.25) is 4.79 Å². The molecule has 152 valence electrons. The van der Waals surface area contributed by atoms with Crippen molar-refractivity contribution >= 4 is 11.8 Å². The van der Waals surface area contributed by atoms with Gasteiger partial charge in [-0.2, -0.15) is 0 Å². The van der Waals surface area contributed by atoms with Crippen molar-refractivity contribution in [3.8, 4) is 11.1 Å². The summed E-state index contributed by atoms with van der Waals surface area (Å²) in [5.74, 6) is -1.14. The molecule has 0 aliphatic rings. The van der Waals surface area contributed by atoms with Crippen LogP contribution in [-0.2, 0) is 23.2 Å². The fourth-order valence-electron chi connectivity index (χ4n) is 3.32. The van der Waals surface area contributed by atoms with Gasteiger partial charge in [-0.15, -0.1) is 13.2 Å². The molecule has 2 rings (SSSR count). The Balaban J connectivity index is 2.70. The van der Waals surface area contributed by atoms with Gasteiger partial charge in [-0.1, -0.05) is 48.6 Å². The number of benzene rings is 2. The first-order valence-corrected chi connectivity index (χ1v) is 9.50. The molecule has 5 heteroatoms. The fourth-order valence-corrected chi connectivity index (χ4v) is 3.32. The van der Waals surface area contributed by atoms with Gasteiger partial charge in [0.25, 0.3) is 0 Å². The van der Waals surface area contributed by atoms with Gasteiger partial charge in [-0.05, 0) is 54.1 Å². The largest absolute Gasteiger partial charge is 0.480 e. The van der Waals surface area contributed by atoms with Gasteiger partial charge in [-0.25, -0.2) is 4.79 Å². The van der Waals surface area contributed by atoms with Crippen LogP contribution in [0.25, 0.3) is 11.1 Å². The second-order valence-electron chi connectivity index (χ2n) is 7.21. The van der Waals surface area contributed by atoms with Crippen molar-refractivity contribution in [1.29, 1.82) is 0 Å². The van der Waals surface area contributed by atoms with Crippen molar-refractivity contribution in [1.82, 2.24) is 0 Å². The second kappa shape index (κ2) is 9.45. The van der Waals surface area contributed by atoms with E-state index in [0.717, 1.165) is 22.3 Å². The maximum atomic E-state index is 12.4. The van der Waals surface area contributed by atoms with Crippen molar-refractivity contribution in [2.75, 3.05) is 6.54 Å². The predicted octanol–water partition coefficient (Wildman–Crippen LogP) is 3.60. The van der Waals surface area contributed by atoms with Crippen LogP contribution in [0.5, 0.6) is 0 Å². The van der Waals surface area contributed by atoms with E-state index in [4.69, 9.17) is 11.5 Å². The molecule has 1 atom stereocenters. The molecule has 2 aromatic rings. The van der Waals surface area contributed by atoms with E-state index in [1.807, 2.05) is 24.3 Å². The summed E-state index contributed by atoms with van der Waals surface area (Å²) in [6, 6.07) is 11.0. The molecule has 2 aromatic carbocycles. The average molecular weight is 392 g/mol. The maximum Gasteiger partial charge on any atom is 0.328 e. The molecule has 0 fully saturated rings. The lowest BCUT2D eigenvalue weighted by Gasteiger charge is -2.24. The van der Waals surface area contributed by atoms with E-state index >= 15 is 0 Å². The SMILES string of the molecule is C=CCc1ccc(C(C)(N)C(=O)O)c(-c2ccc(C(=O)CCN)c(CC=C)c2)c1. The summed E-state index contributed by atoms with van der Waals surface area (Å²) >= 11 is 0. The molecule has 0 amide bonds. The lowest BCUT2D eigenvalue weighted by atomic mass is 9.84. The van der Waals surface area contributed by atoms with Crippen molar-refractivity contribution in [2.45, 2.75) is 31.7 Å². The summed E-state index contributed by atoms with van der Waals surface area (Å²) < 4.78 is 0. The van der Waals surface area contributed by atoms with Gasteiger partial charge in [0.15, 0.2) is 5.78 Å². The van der Waals surface area contributed by atoms with Crippen LogP contribution in [-0.4, -0.2) is 23.4 Å². The monoisotopic (exact) mass is 392 g/mol. The molecule has 0 aromatic heterocycles. The predicted molar refractivity (Wildman–Crippen MR) is 117 cm³/mol. The Kier molecular flexibility index (Phi) is 7.26. The number of carbonyl (C=O) groups is 2. The summed E-state index contributed by atoms with van der Waals surface area (Å²) in [5, 5.41) is 9.64. The van der Waals surface area contributed by atoms with Crippen LogP contribution in [0, 0.1) is 0 Å². The molecule has 29 heavy (non-hydrogen) atoms. The van der Waals surface area contributed by atoms with E-state index in [-0.39, 0.29) is 18.7 Å². The van der Waals surface area contributed by atoms with Crippen molar-refractivity contribution in [3.05, 3.63) is 84.0 Å². The molecule has 0 spiro atoms. The Labute approximate surface area is 171 Å². The minimum atomic E-state index is -1.56. The van der Waals surface area contributed by atoms with Crippen molar-refractivity contribution in [2.24, 2.45) is 11.5 Å². The van der Waals surface area contributed by atoms with E-state index < -0.39 is 11.5 Å². The van der Waals surface area contributed by atoms with Crippen LogP contribution in [0.2, 0.25) is 0 Å². The van der Waals surface area contributed by atoms with E-state index in [0.29, 0.717) is 24.0 Å². The summed E-state index contributed by atoms with van der Waals surface area (Å²) in [7, 11) is 0. The van der Waals surface area contributed by atoms with Crippen LogP contribution in [0.15, 0.2) is 61.7 Å². The van der Waals surface area contributed by atoms with Gasteiger partial charge >= 0.3 is 5.97 Å². The number of nitrogens with two attached hydrogens (primary N) is 2. The zero-order chi connectivity index (χ0) is 21.6. The molecule has 1 unspecified atom stereocenters. The number of rotatable bonds is 10. The lowest BCUT2D eigenvalue weighted by molar-refractivity contribution is -0.143. The number of hydrogen-bond acceptors (Lipinski definition) is 4. The summed E-state index contributed by atoms with van der Waals surface area (Å²) in [5.41, 5.74) is 14.6. The van der Waals surface area contributed by atoms with Gasteiger partial charge in [0.1, 0.15) is 5.54 Å². The molecular weight excluding hydrogens is 364 g/mol. The molecule has 5 N–H and O–H groups in total. The van der Waals surface area contributed by atoms with Crippen LogP contribution in [0.4, 0.5) is 0 Å². The third kappa shape index (κ3) is 4.88. The molecule has 0 bridgehead atoms. The molecule has 0 aliphatic heterocycles. The van der Waals surface area contributed by atoms with E-state index in [2.05, 4.69) is 13.2 Å². The standard InChI is InChI=1S/C24H28N2O3/c1-4-6-16-8-11-21(24(3,26)23(28)29)20(14-16)18-9-10-19(22(27)12-13-25)17(15-18)7-5-2/h4-5,8-11,14-15H,1-2,6-7,12-13,25-26H2,3H3,(H,28,29). The van der Waals surface area contributed by atoms with Crippen LogP contribution in [0.3, 0.4) is 0 Å². The van der Waals surface area contributed by atoms with Crippen LogP contribution < -0.4 is 11.5 Å². The molecular formula is C24H28N2O3. The highest BCUT2D eigenvalue weighted by atomic mass is 16.4. The highest BCUT2D eigenvalue weighted by molar-refractivity contribution is 5.98. The Morgan fingerprint density at radius 3 is 2.38 bits per heavy atom. The second-order valence-corrected chi connectivity index (χ2v) is 7.21. The molecule has 0 aliphatic carbocycles. The lowest BCUT2D eigenvalue weighted by Crippen LogP contribution is -2.42. The van der Waals surface area contributed by atoms with Gasteiger partial charge < -0.3 is 16.6 Å². The number of hydrogen-bond donors (Lipinski definition) is 3. The summed E-state index contributed by atoms with van der Waals surface area (Å²) in [6.45, 7) is 9.31. The first kappa shape index (κ1) is 22.3. The van der Waals surface area contributed by atoms with E-state index in [1.54, 1.807) is 24.3 Å². The minimum Gasteiger partial charge on any atom is -0.480 e. The number of carboxylic acids is 1. The molecule has 0 saturated carbocycles. The zero-order valence-corrected chi connectivity index (χ0v) is 16.8. The van der Waals surface area contributed by atoms with Crippen molar-refractivity contribution in [3.63, 3.8) is 0 Å². The van der Waals surface area contributed by atoms with Crippen molar-refractivity contribution < 1.29 is 14.7 Å². The highest BCUT2D eigenvalue weighted by Gasteiger charge is 2.33. The highest BCUT2D eigenvalue weighted by Crippen LogP contribution is 2.33. The smallest absolute Gasteiger partial charge is 0.328 e. The summed E-state index contributed by atoms with van der Waals surface area (Å²) in [4.78, 5) is 24.2. The average Bonchev–Trinajstić information content (AvgIpc) is 2.68. The molecule has 0 saturated heterocycles. The maximum absolute atomic E-state index is 12.4. The quantitative estimate of drug-likeness (QED) is 0.423. The fraction of sp³-hybridized carbons (Fsp3) is 0.250. The van der Waals surface area contributed by atoms with E-state index in [1.165, 1.54) is 6.92 Å². The van der Waals surface area contributed by atoms with Crippen LogP contribution in [0.1, 0.15) is 40.4 Å². The van der Waals surface area contributed by atoms with Gasteiger partial charge in [0.05, 0.1) is 0 Å². The molecule has 0 radical (unpaired) electrons. The Morgan fingerprint density at radius 1 is 1.10 bits per heavy atom. The minimum absolute atomic E-state index is 0.0225. The number of allylic oxidation sites excluding steroid dienone is 2. The topological polar surface area (TPSA) is 106 Å². The third-order valence-electron chi connectivity index (χ3n) is 4.92.